The van der Waals surface area contributed by atoms with Crippen molar-refractivity contribution in [3.63, 3.8) is 0 Å². The van der Waals surface area contributed by atoms with E-state index in [4.69, 9.17) is 8.92 Å². The van der Waals surface area contributed by atoms with Crippen molar-refractivity contribution in [2.75, 3.05) is 24.9 Å². The quantitative estimate of drug-likeness (QED) is 0.308. The zero-order valence-electron chi connectivity index (χ0n) is 16.0. The summed E-state index contributed by atoms with van der Waals surface area (Å²) in [5.41, 5.74) is 0.978. The molecule has 0 radical (unpaired) electrons. The van der Waals surface area contributed by atoms with Gasteiger partial charge in [0.15, 0.2) is 0 Å². The fourth-order valence-corrected chi connectivity index (χ4v) is 6.13. The Bertz CT molecular complexity index is 729. The van der Waals surface area contributed by atoms with Crippen LogP contribution in [0, 0.1) is 0 Å². The van der Waals surface area contributed by atoms with Gasteiger partial charge < -0.3 is 9.47 Å². The lowest BCUT2D eigenvalue weighted by atomic mass is 10.1. The second-order valence-electron chi connectivity index (χ2n) is 6.24. The van der Waals surface area contributed by atoms with E-state index < -0.39 is 28.3 Å². The van der Waals surface area contributed by atoms with E-state index in [2.05, 4.69) is 4.74 Å². The van der Waals surface area contributed by atoms with Gasteiger partial charge in [-0.2, -0.15) is 8.42 Å². The summed E-state index contributed by atoms with van der Waals surface area (Å²) in [5, 5.41) is 0. The molecule has 9 heteroatoms. The van der Waals surface area contributed by atoms with Gasteiger partial charge >= 0.3 is 5.97 Å². The molecule has 0 saturated carbocycles. The molecule has 0 spiro atoms. The number of hydrogen-bond acceptors (Lipinski definition) is 8. The highest BCUT2D eigenvalue weighted by Gasteiger charge is 2.29. The number of methoxy groups -OCH3 is 1. The van der Waals surface area contributed by atoms with Crippen LogP contribution in [-0.2, 0) is 35.2 Å². The Morgan fingerprint density at radius 1 is 1.25 bits per heavy atom. The molecule has 2 rings (SSSR count). The van der Waals surface area contributed by atoms with E-state index in [9.17, 15) is 13.2 Å². The number of rotatable bonds is 10. The lowest BCUT2D eigenvalue weighted by molar-refractivity contribution is -0.134. The third-order valence-electron chi connectivity index (χ3n) is 3.90. The summed E-state index contributed by atoms with van der Waals surface area (Å²) in [5.74, 6) is 1.56. The Balaban J connectivity index is 2.18. The molecule has 1 aromatic rings. The molecule has 1 aliphatic heterocycles. The fourth-order valence-electron chi connectivity index (χ4n) is 2.60. The SMILES string of the molecule is COC(=O)/C=C\[C@H](OS(C)(=O)=O)[C@@H](CC1SCCCS1)OCc1ccccc1. The van der Waals surface area contributed by atoms with Crippen molar-refractivity contribution in [3.05, 3.63) is 48.0 Å². The molecular formula is C19H26O6S3. The summed E-state index contributed by atoms with van der Waals surface area (Å²) in [6.45, 7) is 0.323. The van der Waals surface area contributed by atoms with Crippen molar-refractivity contribution < 1.29 is 26.9 Å². The van der Waals surface area contributed by atoms with Crippen LogP contribution < -0.4 is 0 Å². The first kappa shape index (κ1) is 23.3. The van der Waals surface area contributed by atoms with Gasteiger partial charge in [-0.1, -0.05) is 30.3 Å². The van der Waals surface area contributed by atoms with Gasteiger partial charge in [-0.15, -0.1) is 23.5 Å². The first-order chi connectivity index (χ1) is 13.4. The van der Waals surface area contributed by atoms with Gasteiger partial charge in [0.1, 0.15) is 6.10 Å². The van der Waals surface area contributed by atoms with Gasteiger partial charge in [-0.3, -0.25) is 4.18 Å². The summed E-state index contributed by atoms with van der Waals surface area (Å²) in [4.78, 5) is 11.5. The van der Waals surface area contributed by atoms with Crippen molar-refractivity contribution in [3.8, 4) is 0 Å². The molecule has 2 atom stereocenters. The fraction of sp³-hybridized carbons (Fsp3) is 0.526. The number of carbonyl (C=O) groups excluding carboxylic acids is 1. The smallest absolute Gasteiger partial charge is 0.330 e. The summed E-state index contributed by atoms with van der Waals surface area (Å²) < 4.78 is 39.8. The number of hydrogen-bond donors (Lipinski definition) is 0. The Kier molecular flexibility index (Phi) is 9.87. The molecule has 0 bridgehead atoms. The maximum absolute atomic E-state index is 11.8. The van der Waals surface area contributed by atoms with Gasteiger partial charge in [0, 0.05) is 6.08 Å². The van der Waals surface area contributed by atoms with E-state index in [1.165, 1.54) is 19.3 Å². The molecule has 0 aromatic heterocycles. The van der Waals surface area contributed by atoms with Crippen LogP contribution in [0.15, 0.2) is 42.5 Å². The van der Waals surface area contributed by atoms with E-state index in [0.717, 1.165) is 29.7 Å². The Morgan fingerprint density at radius 2 is 1.93 bits per heavy atom. The van der Waals surface area contributed by atoms with Crippen LogP contribution >= 0.6 is 23.5 Å². The molecule has 1 heterocycles. The lowest BCUT2D eigenvalue weighted by Gasteiger charge is -2.29. The van der Waals surface area contributed by atoms with Crippen molar-refractivity contribution >= 4 is 39.6 Å². The molecule has 1 fully saturated rings. The molecule has 1 saturated heterocycles. The third-order valence-corrected chi connectivity index (χ3v) is 7.47. The number of esters is 1. The average molecular weight is 447 g/mol. The van der Waals surface area contributed by atoms with Crippen molar-refractivity contribution in [2.24, 2.45) is 0 Å². The molecule has 0 unspecified atom stereocenters. The maximum Gasteiger partial charge on any atom is 0.330 e. The Morgan fingerprint density at radius 3 is 2.54 bits per heavy atom. The van der Waals surface area contributed by atoms with E-state index in [1.807, 2.05) is 53.9 Å². The summed E-state index contributed by atoms with van der Waals surface area (Å²) in [6.07, 6.45) is 3.89. The summed E-state index contributed by atoms with van der Waals surface area (Å²) in [7, 11) is -2.48. The molecular weight excluding hydrogens is 420 g/mol. The van der Waals surface area contributed by atoms with E-state index >= 15 is 0 Å². The van der Waals surface area contributed by atoms with Crippen molar-refractivity contribution in [1.29, 1.82) is 0 Å². The number of benzene rings is 1. The van der Waals surface area contributed by atoms with Crippen LogP contribution in [0.3, 0.4) is 0 Å². The normalized spacial score (nSPS) is 18.1. The molecule has 28 heavy (non-hydrogen) atoms. The minimum absolute atomic E-state index is 0.284. The van der Waals surface area contributed by atoms with Gasteiger partial charge in [0.25, 0.3) is 10.1 Å². The van der Waals surface area contributed by atoms with Gasteiger partial charge in [-0.05, 0) is 36.0 Å². The van der Waals surface area contributed by atoms with Gasteiger partial charge in [-0.25, -0.2) is 4.79 Å². The lowest BCUT2D eigenvalue weighted by Crippen LogP contribution is -2.34. The third kappa shape index (κ3) is 9.00. The van der Waals surface area contributed by atoms with Crippen LogP contribution in [0.5, 0.6) is 0 Å². The highest BCUT2D eigenvalue weighted by Crippen LogP contribution is 2.35. The highest BCUT2D eigenvalue weighted by atomic mass is 32.2. The molecule has 0 N–H and O–H groups in total. The zero-order chi connectivity index (χ0) is 20.4. The molecule has 0 amide bonds. The molecule has 0 aliphatic carbocycles. The second kappa shape index (κ2) is 11.9. The minimum Gasteiger partial charge on any atom is -0.466 e. The Labute approximate surface area is 175 Å². The molecule has 1 aliphatic rings. The zero-order valence-corrected chi connectivity index (χ0v) is 18.4. The predicted octanol–water partition coefficient (Wildman–Crippen LogP) is 3.23. The van der Waals surface area contributed by atoms with Crippen LogP contribution in [0.4, 0.5) is 0 Å². The molecule has 1 aromatic carbocycles. The van der Waals surface area contributed by atoms with E-state index in [-0.39, 0.29) is 4.58 Å². The van der Waals surface area contributed by atoms with Gasteiger partial charge in [0.2, 0.25) is 0 Å². The first-order valence-corrected chi connectivity index (χ1v) is 12.8. The molecule has 6 nitrogen and oxygen atoms in total. The summed E-state index contributed by atoms with van der Waals surface area (Å²) in [6, 6.07) is 9.64. The number of thioether (sulfide) groups is 2. The average Bonchev–Trinajstić information content (AvgIpc) is 2.69. The second-order valence-corrected chi connectivity index (χ2v) is 10.8. The number of carbonyl (C=O) groups is 1. The minimum atomic E-state index is -3.74. The van der Waals surface area contributed by atoms with Crippen molar-refractivity contribution in [1.82, 2.24) is 0 Å². The van der Waals surface area contributed by atoms with Crippen LogP contribution in [-0.4, -0.2) is 56.0 Å². The Hall–Kier alpha value is -1.00. The predicted molar refractivity (Wildman–Crippen MR) is 114 cm³/mol. The van der Waals surface area contributed by atoms with E-state index in [0.29, 0.717) is 13.0 Å². The largest absolute Gasteiger partial charge is 0.466 e. The van der Waals surface area contributed by atoms with Crippen LogP contribution in [0.2, 0.25) is 0 Å². The van der Waals surface area contributed by atoms with Crippen LogP contribution in [0.1, 0.15) is 18.4 Å². The summed E-state index contributed by atoms with van der Waals surface area (Å²) >= 11 is 3.68. The maximum atomic E-state index is 11.8. The van der Waals surface area contributed by atoms with E-state index in [1.54, 1.807) is 0 Å². The monoisotopic (exact) mass is 446 g/mol. The van der Waals surface area contributed by atoms with Gasteiger partial charge in [0.05, 0.1) is 30.7 Å². The standard InChI is InChI=1S/C19H26O6S3/c1-23-18(20)10-9-16(25-28(2,21)22)17(13-19-26-11-6-12-27-19)24-14-15-7-4-3-5-8-15/h3-5,7-10,16-17,19H,6,11-14H2,1-2H3/b10-9-/t16-,17+/m0/s1. The topological polar surface area (TPSA) is 78.9 Å². The molecule has 156 valence electrons. The number of ether oxygens (including phenoxy) is 2. The van der Waals surface area contributed by atoms with Crippen LogP contribution in [0.25, 0.3) is 0 Å². The first-order valence-electron chi connectivity index (χ1n) is 8.90. The van der Waals surface area contributed by atoms with Crippen molar-refractivity contribution in [2.45, 2.75) is 36.2 Å². The highest BCUT2D eigenvalue weighted by molar-refractivity contribution is 8.17.